The highest BCUT2D eigenvalue weighted by molar-refractivity contribution is 5.72. The van der Waals surface area contributed by atoms with Crippen LogP contribution in [0.5, 0.6) is 0 Å². The van der Waals surface area contributed by atoms with Crippen LogP contribution >= 0.6 is 0 Å². The Labute approximate surface area is 423 Å². The summed E-state index contributed by atoms with van der Waals surface area (Å²) in [4.78, 5) is 42.0. The van der Waals surface area contributed by atoms with Gasteiger partial charge >= 0.3 is 17.9 Å². The molecule has 4 fully saturated rings. The average Bonchev–Trinajstić information content (AvgIpc) is 3.31. The summed E-state index contributed by atoms with van der Waals surface area (Å²) in [5.41, 5.74) is -2.63. The highest BCUT2D eigenvalue weighted by Gasteiger charge is 2.68. The highest BCUT2D eigenvalue weighted by Crippen LogP contribution is 2.63. The first kappa shape index (κ1) is 61.5. The monoisotopic (exact) mass is 977 g/mol. The van der Waals surface area contributed by atoms with Crippen molar-refractivity contribution in [1.29, 1.82) is 0 Å². The number of carbonyl (C=O) groups excluding carboxylic acids is 3. The van der Waals surface area contributed by atoms with E-state index in [1.165, 1.54) is 103 Å². The molecule has 0 spiro atoms. The molecule has 0 saturated heterocycles. The fourth-order valence-electron chi connectivity index (χ4n) is 11.9. The Morgan fingerprint density at radius 1 is 0.391 bits per heavy atom. The molecule has 0 aromatic rings. The van der Waals surface area contributed by atoms with Crippen LogP contribution < -0.4 is 0 Å². The van der Waals surface area contributed by atoms with E-state index in [2.05, 4.69) is 41.5 Å². The first-order valence-corrected chi connectivity index (χ1v) is 29.7. The van der Waals surface area contributed by atoms with Crippen molar-refractivity contribution in [3.8, 4) is 0 Å². The maximum atomic E-state index is 14.1. The van der Waals surface area contributed by atoms with Crippen molar-refractivity contribution >= 4 is 17.9 Å². The molecule has 0 amide bonds. The van der Waals surface area contributed by atoms with Crippen LogP contribution in [0.4, 0.5) is 0 Å². The zero-order chi connectivity index (χ0) is 49.9. The number of unbranched alkanes of at least 4 members (excludes halogenated alkanes) is 21. The minimum atomic E-state index is -0.888. The minimum absolute atomic E-state index is 0.0971. The Morgan fingerprint density at radius 2 is 0.696 bits per heavy atom. The third-order valence-electron chi connectivity index (χ3n) is 15.3. The summed E-state index contributed by atoms with van der Waals surface area (Å²) in [5, 5.41) is 0. The molecular weight excluding hydrogens is 869 g/mol. The lowest BCUT2D eigenvalue weighted by Gasteiger charge is -2.63. The van der Waals surface area contributed by atoms with Crippen LogP contribution in [0.3, 0.4) is 0 Å². The second kappa shape index (κ2) is 37.1. The maximum Gasteiger partial charge on any atom is 0.306 e. The van der Waals surface area contributed by atoms with E-state index in [-0.39, 0.29) is 42.6 Å². The second-order valence-corrected chi connectivity index (χ2v) is 22.1. The van der Waals surface area contributed by atoms with E-state index >= 15 is 0 Å². The van der Waals surface area contributed by atoms with E-state index in [0.717, 1.165) is 77.0 Å². The van der Waals surface area contributed by atoms with Gasteiger partial charge in [-0.3, -0.25) is 14.4 Å². The van der Waals surface area contributed by atoms with Crippen molar-refractivity contribution in [2.75, 3.05) is 26.4 Å². The third kappa shape index (κ3) is 26.2. The molecule has 4 bridgehead atoms. The fourth-order valence-corrected chi connectivity index (χ4v) is 11.9. The van der Waals surface area contributed by atoms with Crippen molar-refractivity contribution in [1.82, 2.24) is 0 Å². The van der Waals surface area contributed by atoms with Gasteiger partial charge in [-0.05, 0) is 63.2 Å². The molecule has 3 atom stereocenters. The first-order chi connectivity index (χ1) is 33.6. The third-order valence-corrected chi connectivity index (χ3v) is 15.3. The molecule has 0 radical (unpaired) electrons. The number of carbonyl (C=O) groups is 3. The summed E-state index contributed by atoms with van der Waals surface area (Å²) in [7, 11) is 0. The van der Waals surface area contributed by atoms with E-state index in [1.807, 2.05) is 0 Å². The zero-order valence-corrected chi connectivity index (χ0v) is 45.8. The number of rotatable bonds is 47. The van der Waals surface area contributed by atoms with Crippen LogP contribution in [0, 0.1) is 11.8 Å². The van der Waals surface area contributed by atoms with Crippen molar-refractivity contribution in [2.24, 2.45) is 11.8 Å². The van der Waals surface area contributed by atoms with Crippen molar-refractivity contribution in [2.45, 2.75) is 321 Å². The molecule has 3 unspecified atom stereocenters. The SMILES string of the molecule is CCCCCCCCOC(CCC(=O)OC12CC3CC(OC(=O)CCC(OCCCCCCCC)OCCCCCCCC)(C1)CC(OC(=O)CC(CC)CCCC)(C3)C2)OCCCCCCCC. The molecule has 69 heavy (non-hydrogen) atoms. The molecule has 4 aliphatic rings. The molecule has 4 saturated carbocycles. The Morgan fingerprint density at radius 3 is 1.01 bits per heavy atom. The molecule has 10 heteroatoms. The second-order valence-electron chi connectivity index (χ2n) is 22.1. The molecule has 404 valence electrons. The van der Waals surface area contributed by atoms with Gasteiger partial charge < -0.3 is 33.2 Å². The first-order valence-electron chi connectivity index (χ1n) is 29.7. The Bertz CT molecular complexity index is 1210. The highest BCUT2D eigenvalue weighted by atomic mass is 16.7. The van der Waals surface area contributed by atoms with Gasteiger partial charge in [-0.1, -0.05) is 189 Å². The van der Waals surface area contributed by atoms with Crippen LogP contribution in [0.1, 0.15) is 292 Å². The van der Waals surface area contributed by atoms with Crippen molar-refractivity contribution < 1.29 is 47.5 Å². The van der Waals surface area contributed by atoms with Crippen LogP contribution in [0.25, 0.3) is 0 Å². The van der Waals surface area contributed by atoms with Crippen LogP contribution in [0.15, 0.2) is 0 Å². The zero-order valence-electron chi connectivity index (χ0n) is 45.8. The Balaban J connectivity index is 1.71. The quantitative estimate of drug-likeness (QED) is 0.0253. The Kier molecular flexibility index (Phi) is 33.1. The number of esters is 3. The van der Waals surface area contributed by atoms with E-state index < -0.39 is 29.4 Å². The van der Waals surface area contributed by atoms with Crippen molar-refractivity contribution in [3.05, 3.63) is 0 Å². The maximum absolute atomic E-state index is 14.1. The van der Waals surface area contributed by atoms with Gasteiger partial charge in [0.25, 0.3) is 0 Å². The van der Waals surface area contributed by atoms with Gasteiger partial charge in [-0.2, -0.15) is 0 Å². The summed E-state index contributed by atoms with van der Waals surface area (Å²) >= 11 is 0. The van der Waals surface area contributed by atoms with Crippen LogP contribution in [0.2, 0.25) is 0 Å². The lowest BCUT2D eigenvalue weighted by atomic mass is 9.50. The van der Waals surface area contributed by atoms with Gasteiger partial charge in [0.2, 0.25) is 0 Å². The molecule has 0 aromatic carbocycles. The topological polar surface area (TPSA) is 116 Å². The van der Waals surface area contributed by atoms with E-state index in [0.29, 0.717) is 84.2 Å². The summed E-state index contributed by atoms with van der Waals surface area (Å²) < 4.78 is 45.0. The van der Waals surface area contributed by atoms with Crippen LogP contribution in [-0.2, 0) is 47.5 Å². The molecular formula is C59H108O10. The summed E-state index contributed by atoms with van der Waals surface area (Å²) in [5.74, 6) is -0.420. The summed E-state index contributed by atoms with van der Waals surface area (Å²) in [6.07, 6.45) is 36.4. The normalized spacial score (nSPS) is 22.2. The molecule has 0 aromatic heterocycles. The Hall–Kier alpha value is -1.75. The molecule has 0 aliphatic heterocycles. The van der Waals surface area contributed by atoms with Crippen molar-refractivity contribution in [3.63, 3.8) is 0 Å². The molecule has 0 N–H and O–H groups in total. The molecule has 0 heterocycles. The molecule has 10 nitrogen and oxygen atoms in total. The van der Waals surface area contributed by atoms with Gasteiger partial charge in [0.15, 0.2) is 12.6 Å². The number of hydrogen-bond donors (Lipinski definition) is 0. The standard InChI is InChI=1S/C59H108O10/c1-7-13-18-22-26-30-39-63-55(64-40-31-27-23-19-14-8-2)37-35-52(60)67-57-44-51-45-58(47-57,49-59(46-51,48-57)69-54(62)43-50(12-6)34-17-11-5)68-53(61)36-38-56(65-41-32-28-24-20-15-9-3)66-42-33-29-25-21-16-10-4/h50-51,55-56H,7-49H2,1-6H3. The largest absolute Gasteiger partial charge is 0.459 e. The smallest absolute Gasteiger partial charge is 0.306 e. The average molecular weight is 978 g/mol. The van der Waals surface area contributed by atoms with E-state index in [4.69, 9.17) is 33.2 Å². The lowest BCUT2D eigenvalue weighted by Crippen LogP contribution is -2.69. The predicted molar refractivity (Wildman–Crippen MR) is 279 cm³/mol. The van der Waals surface area contributed by atoms with Gasteiger partial charge in [0, 0.05) is 65.0 Å². The van der Waals surface area contributed by atoms with Gasteiger partial charge in [-0.15, -0.1) is 0 Å². The minimum Gasteiger partial charge on any atom is -0.459 e. The van der Waals surface area contributed by atoms with Gasteiger partial charge in [-0.25, -0.2) is 0 Å². The fraction of sp³-hybridized carbons (Fsp3) is 0.949. The number of ether oxygens (including phenoxy) is 7. The van der Waals surface area contributed by atoms with Gasteiger partial charge in [0.1, 0.15) is 16.8 Å². The van der Waals surface area contributed by atoms with Crippen LogP contribution in [-0.4, -0.2) is 73.7 Å². The van der Waals surface area contributed by atoms with Gasteiger partial charge in [0.05, 0.1) is 12.8 Å². The summed E-state index contributed by atoms with van der Waals surface area (Å²) in [6, 6.07) is 0. The molecule has 4 rings (SSSR count). The van der Waals surface area contributed by atoms with E-state index in [1.54, 1.807) is 0 Å². The predicted octanol–water partition coefficient (Wildman–Crippen LogP) is 16.2. The number of hydrogen-bond acceptors (Lipinski definition) is 10. The summed E-state index contributed by atoms with van der Waals surface area (Å²) in [6.45, 7) is 15.7. The van der Waals surface area contributed by atoms with E-state index in [9.17, 15) is 14.4 Å². The lowest BCUT2D eigenvalue weighted by molar-refractivity contribution is -0.273. The molecule has 4 aliphatic carbocycles.